The zero-order valence-corrected chi connectivity index (χ0v) is 12.6. The highest BCUT2D eigenvalue weighted by atomic mass is 16.6. The number of hydrazone groups is 1. The molecule has 0 aromatic heterocycles. The van der Waals surface area contributed by atoms with Crippen LogP contribution in [0, 0.1) is 5.92 Å². The lowest BCUT2D eigenvalue weighted by Gasteiger charge is -2.20. The lowest BCUT2D eigenvalue weighted by Crippen LogP contribution is -2.28. The zero-order valence-electron chi connectivity index (χ0n) is 12.6. The van der Waals surface area contributed by atoms with Crippen molar-refractivity contribution in [2.45, 2.75) is 63.9 Å². The van der Waals surface area contributed by atoms with Gasteiger partial charge in [0, 0.05) is 19.1 Å². The van der Waals surface area contributed by atoms with E-state index in [0.29, 0.717) is 12.8 Å². The van der Waals surface area contributed by atoms with Gasteiger partial charge < -0.3 is 4.74 Å². The predicted octanol–water partition coefficient (Wildman–Crippen LogP) is 2.92. The number of fused-ring (bicyclic) bond motifs is 1. The number of epoxide rings is 1. The van der Waals surface area contributed by atoms with E-state index in [4.69, 9.17) is 4.74 Å². The van der Waals surface area contributed by atoms with Crippen molar-refractivity contribution in [1.29, 1.82) is 0 Å². The first-order valence-corrected chi connectivity index (χ1v) is 7.95. The van der Waals surface area contributed by atoms with Crippen LogP contribution in [0.3, 0.4) is 0 Å². The Hall–Kier alpha value is -1.65. The van der Waals surface area contributed by atoms with E-state index in [2.05, 4.69) is 15.5 Å². The highest BCUT2D eigenvalue weighted by molar-refractivity contribution is 6.00. The van der Waals surface area contributed by atoms with Gasteiger partial charge in [0.1, 0.15) is 0 Å². The minimum absolute atomic E-state index is 0.00646. The maximum atomic E-state index is 11.9. The van der Waals surface area contributed by atoms with Gasteiger partial charge >= 0.3 is 0 Å². The molecular weight excluding hydrogens is 266 g/mol. The summed E-state index contributed by atoms with van der Waals surface area (Å²) in [6.45, 7) is 1.89. The molecule has 3 aliphatic rings. The van der Waals surface area contributed by atoms with Gasteiger partial charge in [0.15, 0.2) is 5.76 Å². The molecule has 1 saturated carbocycles. The van der Waals surface area contributed by atoms with Crippen LogP contribution in [0.1, 0.15) is 58.3 Å². The molecule has 1 saturated heterocycles. The van der Waals surface area contributed by atoms with E-state index in [9.17, 15) is 4.79 Å². The Morgan fingerprint density at radius 1 is 1.48 bits per heavy atom. The summed E-state index contributed by atoms with van der Waals surface area (Å²) in [5, 5.41) is 4.21. The number of amides is 1. The number of ether oxygens (including phenoxy) is 1. The van der Waals surface area contributed by atoms with Crippen LogP contribution >= 0.6 is 0 Å². The number of nitrogens with zero attached hydrogens (tertiary/aromatic N) is 2. The second-order valence-electron chi connectivity index (χ2n) is 6.23. The second kappa shape index (κ2) is 6.00. The summed E-state index contributed by atoms with van der Waals surface area (Å²) in [5.74, 6) is 1.58. The lowest BCUT2D eigenvalue weighted by atomic mass is 9.86. The molecule has 0 spiro atoms. The van der Waals surface area contributed by atoms with Crippen molar-refractivity contribution < 1.29 is 9.53 Å². The maximum absolute atomic E-state index is 11.9. The van der Waals surface area contributed by atoms with E-state index in [1.807, 2.05) is 13.1 Å². The second-order valence-corrected chi connectivity index (χ2v) is 6.23. The first-order valence-electron chi connectivity index (χ1n) is 7.95. The van der Waals surface area contributed by atoms with Crippen LogP contribution in [-0.4, -0.2) is 23.4 Å². The molecule has 0 bridgehead atoms. The zero-order chi connectivity index (χ0) is 14.7. The number of nitrogens with one attached hydrogen (secondary N) is 1. The van der Waals surface area contributed by atoms with Crippen LogP contribution in [0.25, 0.3) is 0 Å². The summed E-state index contributed by atoms with van der Waals surface area (Å²) in [4.78, 5) is 15.9. The van der Waals surface area contributed by atoms with Crippen molar-refractivity contribution in [1.82, 2.24) is 5.43 Å². The molecule has 3 rings (SSSR count). The predicted molar refractivity (Wildman–Crippen MR) is 82.1 cm³/mol. The van der Waals surface area contributed by atoms with Crippen LogP contribution < -0.4 is 5.43 Å². The third-order valence-electron chi connectivity index (χ3n) is 4.75. The first-order chi connectivity index (χ1) is 10.2. The smallest absolute Gasteiger partial charge is 0.240 e. The number of aliphatic imine (C=N–C) groups is 1. The molecular formula is C16H23N3O2. The minimum atomic E-state index is -0.418. The first kappa shape index (κ1) is 14.3. The molecule has 5 heteroatoms. The van der Waals surface area contributed by atoms with Gasteiger partial charge in [0.25, 0.3) is 0 Å². The largest absolute Gasteiger partial charge is 0.471 e. The molecule has 0 aromatic carbocycles. The van der Waals surface area contributed by atoms with Crippen molar-refractivity contribution in [3.05, 3.63) is 12.0 Å². The molecule has 114 valence electrons. The van der Waals surface area contributed by atoms with E-state index in [1.54, 1.807) is 6.20 Å². The number of carbonyl (C=O) groups is 1. The molecule has 5 nitrogen and oxygen atoms in total. The van der Waals surface area contributed by atoms with E-state index in [1.165, 1.54) is 32.1 Å². The Morgan fingerprint density at radius 2 is 2.29 bits per heavy atom. The van der Waals surface area contributed by atoms with Gasteiger partial charge in [0.2, 0.25) is 11.5 Å². The Balaban J connectivity index is 1.44. The molecule has 0 radical (unpaired) electrons. The van der Waals surface area contributed by atoms with Gasteiger partial charge in [-0.3, -0.25) is 9.79 Å². The molecule has 21 heavy (non-hydrogen) atoms. The summed E-state index contributed by atoms with van der Waals surface area (Å²) in [7, 11) is 0. The molecule has 1 unspecified atom stereocenters. The Morgan fingerprint density at radius 3 is 3.05 bits per heavy atom. The van der Waals surface area contributed by atoms with Crippen molar-refractivity contribution in [3.63, 3.8) is 0 Å². The lowest BCUT2D eigenvalue weighted by molar-refractivity contribution is -0.121. The fraction of sp³-hybridized carbons (Fsp3) is 0.688. The SMILES string of the molecule is CC(=NNC(=O)CCC1CCCCC1)C12CC=NC=C1O2. The summed E-state index contributed by atoms with van der Waals surface area (Å²) in [6.07, 6.45) is 12.3. The van der Waals surface area contributed by atoms with Crippen LogP contribution in [0.15, 0.2) is 22.1 Å². The molecule has 0 aromatic rings. The summed E-state index contributed by atoms with van der Waals surface area (Å²) < 4.78 is 5.57. The fourth-order valence-electron chi connectivity index (χ4n) is 3.24. The normalized spacial score (nSPS) is 28.4. The number of hydrogen-bond acceptors (Lipinski definition) is 4. The molecule has 1 N–H and O–H groups in total. The highest BCUT2D eigenvalue weighted by Crippen LogP contribution is 2.46. The van der Waals surface area contributed by atoms with Gasteiger partial charge in [-0.1, -0.05) is 32.1 Å². The molecule has 2 fully saturated rings. The molecule has 2 aliphatic heterocycles. The number of rotatable bonds is 5. The average Bonchev–Trinajstić information content (AvgIpc) is 3.27. The van der Waals surface area contributed by atoms with Crippen LogP contribution in [0.2, 0.25) is 0 Å². The monoisotopic (exact) mass is 289 g/mol. The van der Waals surface area contributed by atoms with Gasteiger partial charge in [-0.2, -0.15) is 5.10 Å². The van der Waals surface area contributed by atoms with Crippen molar-refractivity contribution in [2.75, 3.05) is 0 Å². The van der Waals surface area contributed by atoms with Gasteiger partial charge in [-0.15, -0.1) is 0 Å². The third kappa shape index (κ3) is 3.17. The molecule has 1 atom stereocenters. The summed E-state index contributed by atoms with van der Waals surface area (Å²) in [5.41, 5.74) is 3.05. The average molecular weight is 289 g/mol. The van der Waals surface area contributed by atoms with Crippen LogP contribution in [-0.2, 0) is 9.53 Å². The van der Waals surface area contributed by atoms with Crippen molar-refractivity contribution in [2.24, 2.45) is 16.0 Å². The summed E-state index contributed by atoms with van der Waals surface area (Å²) >= 11 is 0. The van der Waals surface area contributed by atoms with Crippen LogP contribution in [0.4, 0.5) is 0 Å². The van der Waals surface area contributed by atoms with Crippen molar-refractivity contribution >= 4 is 17.8 Å². The standard InChI is InChI=1S/C16H23N3O2/c1-12(16-9-10-17-11-14(16)21-16)18-19-15(20)8-7-13-5-3-2-4-6-13/h10-11,13H,2-9H2,1H3,(H,19,20). The topological polar surface area (TPSA) is 66.3 Å². The van der Waals surface area contributed by atoms with Gasteiger partial charge in [0.05, 0.1) is 11.9 Å². The number of carbonyl (C=O) groups excluding carboxylic acids is 1. The van der Waals surface area contributed by atoms with Crippen molar-refractivity contribution in [3.8, 4) is 0 Å². The minimum Gasteiger partial charge on any atom is -0.471 e. The van der Waals surface area contributed by atoms with E-state index in [0.717, 1.165) is 23.8 Å². The maximum Gasteiger partial charge on any atom is 0.240 e. The highest BCUT2D eigenvalue weighted by Gasteiger charge is 2.56. The third-order valence-corrected chi connectivity index (χ3v) is 4.75. The Kier molecular flexibility index (Phi) is 4.08. The van der Waals surface area contributed by atoms with E-state index in [-0.39, 0.29) is 5.91 Å². The van der Waals surface area contributed by atoms with E-state index < -0.39 is 5.60 Å². The molecule has 2 heterocycles. The molecule has 1 amide bonds. The Bertz CT molecular complexity index is 504. The Labute approximate surface area is 125 Å². The fourth-order valence-corrected chi connectivity index (χ4v) is 3.24. The van der Waals surface area contributed by atoms with E-state index >= 15 is 0 Å². The summed E-state index contributed by atoms with van der Waals surface area (Å²) in [6, 6.07) is 0. The van der Waals surface area contributed by atoms with Gasteiger partial charge in [-0.05, 0) is 19.3 Å². The van der Waals surface area contributed by atoms with Crippen LogP contribution in [0.5, 0.6) is 0 Å². The molecule has 1 aliphatic carbocycles. The number of hydrogen-bond donors (Lipinski definition) is 1. The quantitative estimate of drug-likeness (QED) is 0.480. The van der Waals surface area contributed by atoms with Gasteiger partial charge in [-0.25, -0.2) is 5.43 Å².